The summed E-state index contributed by atoms with van der Waals surface area (Å²) < 4.78 is 0. The van der Waals surface area contributed by atoms with Crippen LogP contribution in [0.1, 0.15) is 27.8 Å². The fourth-order valence-electron chi connectivity index (χ4n) is 2.12. The number of carbonyl (C=O) groups excluding carboxylic acids is 1. The zero-order valence-corrected chi connectivity index (χ0v) is 9.80. The van der Waals surface area contributed by atoms with Gasteiger partial charge < -0.3 is 21.1 Å². The second kappa shape index (κ2) is 4.69. The second-order valence-electron chi connectivity index (χ2n) is 4.20. The van der Waals surface area contributed by atoms with Gasteiger partial charge in [0.05, 0.1) is 17.2 Å². The number of hydrogen-bond acceptors (Lipinski definition) is 6. The van der Waals surface area contributed by atoms with Gasteiger partial charge in [0.2, 0.25) is 0 Å². The number of thiazole rings is 1. The zero-order valence-electron chi connectivity index (χ0n) is 8.98. The first-order chi connectivity index (χ1) is 8.04. The van der Waals surface area contributed by atoms with Gasteiger partial charge in [-0.1, -0.05) is 0 Å². The monoisotopic (exact) mass is 258 g/mol. The molecule has 0 unspecified atom stereocenters. The van der Waals surface area contributed by atoms with Crippen LogP contribution in [0.2, 0.25) is 0 Å². The first-order valence-corrected chi connectivity index (χ1v) is 6.14. The largest absolute Gasteiger partial charge is 0.396 e. The number of amides is 1. The first kappa shape index (κ1) is 12.4. The maximum atomic E-state index is 10.9. The average Bonchev–Trinajstić information content (AvgIpc) is 2.87. The molecule has 1 aliphatic rings. The van der Waals surface area contributed by atoms with E-state index < -0.39 is 18.1 Å². The van der Waals surface area contributed by atoms with E-state index >= 15 is 0 Å². The highest BCUT2D eigenvalue weighted by molar-refractivity contribution is 7.09. The Morgan fingerprint density at radius 2 is 2.24 bits per heavy atom. The lowest BCUT2D eigenvalue weighted by Crippen LogP contribution is -2.28. The molecular formula is C10H14N2O4S. The number of nitrogens with two attached hydrogens (primary N) is 1. The fraction of sp³-hybridized carbons (Fsp3) is 0.600. The van der Waals surface area contributed by atoms with Gasteiger partial charge in [-0.2, -0.15) is 0 Å². The molecule has 0 aliphatic heterocycles. The highest BCUT2D eigenvalue weighted by atomic mass is 32.1. The van der Waals surface area contributed by atoms with Crippen molar-refractivity contribution in [3.05, 3.63) is 16.1 Å². The van der Waals surface area contributed by atoms with Crippen molar-refractivity contribution in [1.82, 2.24) is 4.98 Å². The Morgan fingerprint density at radius 3 is 2.71 bits per heavy atom. The van der Waals surface area contributed by atoms with Gasteiger partial charge in [0.15, 0.2) is 0 Å². The molecule has 1 amide bonds. The fourth-order valence-corrected chi connectivity index (χ4v) is 3.09. The minimum Gasteiger partial charge on any atom is -0.396 e. The molecule has 7 heteroatoms. The molecular weight excluding hydrogens is 244 g/mol. The van der Waals surface area contributed by atoms with Crippen molar-refractivity contribution in [3.63, 3.8) is 0 Å². The van der Waals surface area contributed by atoms with Crippen molar-refractivity contribution >= 4 is 17.2 Å². The maximum Gasteiger partial charge on any atom is 0.268 e. The molecule has 1 aromatic rings. The maximum absolute atomic E-state index is 10.9. The summed E-state index contributed by atoms with van der Waals surface area (Å²) >= 11 is 1.23. The van der Waals surface area contributed by atoms with Crippen LogP contribution in [0.25, 0.3) is 0 Å². The second-order valence-corrected chi connectivity index (χ2v) is 5.09. The number of primary amides is 1. The van der Waals surface area contributed by atoms with E-state index in [9.17, 15) is 15.0 Å². The van der Waals surface area contributed by atoms with Crippen LogP contribution in [0.15, 0.2) is 5.38 Å². The predicted octanol–water partition coefficient (Wildman–Crippen LogP) is -0.940. The van der Waals surface area contributed by atoms with Gasteiger partial charge in [-0.3, -0.25) is 4.79 Å². The van der Waals surface area contributed by atoms with Crippen LogP contribution in [-0.2, 0) is 0 Å². The molecule has 17 heavy (non-hydrogen) atoms. The summed E-state index contributed by atoms with van der Waals surface area (Å²) in [4.78, 5) is 14.9. The number of rotatable bonds is 3. The lowest BCUT2D eigenvalue weighted by Gasteiger charge is -2.14. The van der Waals surface area contributed by atoms with Crippen LogP contribution < -0.4 is 5.73 Å². The van der Waals surface area contributed by atoms with Crippen molar-refractivity contribution in [2.24, 2.45) is 11.7 Å². The normalized spacial score (nSPS) is 32.9. The minimum absolute atomic E-state index is 0.166. The van der Waals surface area contributed by atoms with Crippen LogP contribution in [0.4, 0.5) is 0 Å². The summed E-state index contributed by atoms with van der Waals surface area (Å²) in [6.07, 6.45) is -1.46. The van der Waals surface area contributed by atoms with E-state index in [0.29, 0.717) is 11.4 Å². The van der Waals surface area contributed by atoms with Gasteiger partial charge in [-0.15, -0.1) is 11.3 Å². The van der Waals surface area contributed by atoms with Gasteiger partial charge >= 0.3 is 0 Å². The molecule has 0 radical (unpaired) electrons. The van der Waals surface area contributed by atoms with Gasteiger partial charge in [-0.05, 0) is 6.42 Å². The topological polar surface area (TPSA) is 117 Å². The zero-order chi connectivity index (χ0) is 12.6. The lowest BCUT2D eigenvalue weighted by molar-refractivity contribution is 0.00230. The molecule has 4 atom stereocenters. The molecule has 5 N–H and O–H groups in total. The van der Waals surface area contributed by atoms with Crippen LogP contribution in [-0.4, -0.2) is 45.0 Å². The Kier molecular flexibility index (Phi) is 3.43. The van der Waals surface area contributed by atoms with E-state index in [4.69, 9.17) is 10.8 Å². The van der Waals surface area contributed by atoms with Crippen LogP contribution in [0, 0.1) is 5.92 Å². The number of carbonyl (C=O) groups is 1. The molecule has 1 aromatic heterocycles. The van der Waals surface area contributed by atoms with E-state index in [1.165, 1.54) is 16.7 Å². The summed E-state index contributed by atoms with van der Waals surface area (Å²) in [5, 5.41) is 30.7. The Bertz CT molecular complexity index is 422. The van der Waals surface area contributed by atoms with Gasteiger partial charge in [0.1, 0.15) is 5.69 Å². The van der Waals surface area contributed by atoms with E-state index in [2.05, 4.69) is 4.98 Å². The molecule has 0 aromatic carbocycles. The standard InChI is InChI=1S/C10H14N2O4S/c11-9(16)6-3-17-10(12-6)5-1-4(2-13)7(14)8(5)15/h3-5,7-8,13-15H,1-2H2,(H2,11,16)/t4-,5-,7-,8+/m0/s1. The molecule has 1 saturated carbocycles. The van der Waals surface area contributed by atoms with Crippen molar-refractivity contribution in [3.8, 4) is 0 Å². The SMILES string of the molecule is NC(=O)c1csc([C@H]2C[C@@H](CO)[C@H](O)[C@@H]2O)n1. The van der Waals surface area contributed by atoms with Crippen molar-refractivity contribution in [2.45, 2.75) is 24.5 Å². The molecule has 2 rings (SSSR count). The summed E-state index contributed by atoms with van der Waals surface area (Å²) in [5.41, 5.74) is 5.26. The van der Waals surface area contributed by atoms with Crippen LogP contribution in [0.5, 0.6) is 0 Å². The molecule has 1 heterocycles. The van der Waals surface area contributed by atoms with Crippen LogP contribution in [0.3, 0.4) is 0 Å². The van der Waals surface area contributed by atoms with Gasteiger partial charge in [0, 0.05) is 23.8 Å². The Hall–Kier alpha value is -1.02. The summed E-state index contributed by atoms with van der Waals surface area (Å²) in [6, 6.07) is 0. The van der Waals surface area contributed by atoms with Crippen molar-refractivity contribution in [2.75, 3.05) is 6.61 Å². The highest BCUT2D eigenvalue weighted by Gasteiger charge is 2.43. The Morgan fingerprint density at radius 1 is 1.53 bits per heavy atom. The minimum atomic E-state index is -0.959. The quantitative estimate of drug-likeness (QED) is 0.558. The molecule has 0 saturated heterocycles. The molecule has 1 fully saturated rings. The van der Waals surface area contributed by atoms with Gasteiger partial charge in [0.25, 0.3) is 5.91 Å². The summed E-state index contributed by atoms with van der Waals surface area (Å²) in [6.45, 7) is -0.178. The average molecular weight is 258 g/mol. The third kappa shape index (κ3) is 2.19. The smallest absolute Gasteiger partial charge is 0.268 e. The number of hydrogen-bond donors (Lipinski definition) is 4. The van der Waals surface area contributed by atoms with E-state index in [1.807, 2.05) is 0 Å². The van der Waals surface area contributed by atoms with E-state index in [0.717, 1.165) is 0 Å². The highest BCUT2D eigenvalue weighted by Crippen LogP contribution is 2.39. The molecule has 0 bridgehead atoms. The number of aliphatic hydroxyl groups excluding tert-OH is 3. The van der Waals surface area contributed by atoms with Crippen LogP contribution >= 0.6 is 11.3 Å². The number of nitrogens with zero attached hydrogens (tertiary/aromatic N) is 1. The molecule has 0 spiro atoms. The summed E-state index contributed by atoms with van der Waals surface area (Å²) in [5.74, 6) is -1.31. The van der Waals surface area contributed by atoms with Gasteiger partial charge in [-0.25, -0.2) is 4.98 Å². The predicted molar refractivity (Wildman–Crippen MR) is 60.6 cm³/mol. The summed E-state index contributed by atoms with van der Waals surface area (Å²) in [7, 11) is 0. The van der Waals surface area contributed by atoms with E-state index in [-0.39, 0.29) is 24.1 Å². The van der Waals surface area contributed by atoms with Crippen molar-refractivity contribution in [1.29, 1.82) is 0 Å². The number of aromatic nitrogens is 1. The first-order valence-electron chi connectivity index (χ1n) is 5.26. The molecule has 6 nitrogen and oxygen atoms in total. The third-order valence-corrected chi connectivity index (χ3v) is 4.10. The molecule has 1 aliphatic carbocycles. The van der Waals surface area contributed by atoms with Crippen molar-refractivity contribution < 1.29 is 20.1 Å². The lowest BCUT2D eigenvalue weighted by atomic mass is 10.1. The number of aliphatic hydroxyl groups is 3. The van der Waals surface area contributed by atoms with E-state index in [1.54, 1.807) is 0 Å². The third-order valence-electron chi connectivity index (χ3n) is 3.13. The Balaban J connectivity index is 2.19. The molecule has 94 valence electrons. The Labute approximate surface area is 102 Å².